The average molecular weight is 217 g/mol. The molecule has 0 fully saturated rings. The van der Waals surface area contributed by atoms with E-state index in [2.05, 4.69) is 27.2 Å². The predicted molar refractivity (Wildman–Crippen MR) is 54.8 cm³/mol. The number of nitrogens with zero attached hydrogens (tertiary/aromatic N) is 3. The molecule has 0 saturated carbocycles. The molecule has 1 rings (SSSR count). The van der Waals surface area contributed by atoms with Crippen LogP contribution in [-0.4, -0.2) is 28.1 Å². The first-order valence-corrected chi connectivity index (χ1v) is 4.75. The summed E-state index contributed by atoms with van der Waals surface area (Å²) in [5.74, 6) is 0.441. The van der Waals surface area contributed by atoms with Crippen LogP contribution in [0.2, 0.25) is 5.28 Å². The number of rotatable bonds is 4. The highest BCUT2D eigenvalue weighted by Gasteiger charge is 2.06. The molecule has 0 aliphatic rings. The number of hydrogen-bond acceptors (Lipinski definition) is 5. The van der Waals surface area contributed by atoms with Gasteiger partial charge < -0.3 is 10.1 Å². The van der Waals surface area contributed by atoms with Crippen LogP contribution in [0.1, 0.15) is 20.3 Å². The number of halogens is 1. The highest BCUT2D eigenvalue weighted by molar-refractivity contribution is 6.28. The molecular weight excluding hydrogens is 204 g/mol. The Balaban J connectivity index is 2.81. The molecule has 5 nitrogen and oxygen atoms in total. The molecule has 1 unspecified atom stereocenters. The summed E-state index contributed by atoms with van der Waals surface area (Å²) in [4.78, 5) is 11.7. The lowest BCUT2D eigenvalue weighted by atomic mass is 10.3. The number of aromatic nitrogens is 3. The van der Waals surface area contributed by atoms with Crippen LogP contribution >= 0.6 is 11.6 Å². The Morgan fingerprint density at radius 2 is 2.14 bits per heavy atom. The molecule has 1 heterocycles. The third-order valence-corrected chi connectivity index (χ3v) is 1.93. The minimum atomic E-state index is 0.127. The van der Waals surface area contributed by atoms with E-state index in [1.54, 1.807) is 0 Å². The fraction of sp³-hybridized carbons (Fsp3) is 0.625. The van der Waals surface area contributed by atoms with Gasteiger partial charge in [-0.25, -0.2) is 0 Å². The van der Waals surface area contributed by atoms with Gasteiger partial charge in [-0.15, -0.1) is 0 Å². The molecule has 78 valence electrons. The molecule has 0 saturated heterocycles. The molecule has 14 heavy (non-hydrogen) atoms. The van der Waals surface area contributed by atoms with E-state index >= 15 is 0 Å². The Morgan fingerprint density at radius 1 is 1.43 bits per heavy atom. The molecular formula is C8H13ClN4O. The number of anilines is 1. The van der Waals surface area contributed by atoms with Crippen molar-refractivity contribution in [1.82, 2.24) is 15.0 Å². The van der Waals surface area contributed by atoms with Crippen LogP contribution in [0.4, 0.5) is 5.95 Å². The van der Waals surface area contributed by atoms with Crippen LogP contribution in [0.3, 0.4) is 0 Å². The second kappa shape index (κ2) is 4.95. The van der Waals surface area contributed by atoms with E-state index in [-0.39, 0.29) is 17.3 Å². The van der Waals surface area contributed by atoms with E-state index in [0.29, 0.717) is 5.95 Å². The zero-order valence-electron chi connectivity index (χ0n) is 8.41. The van der Waals surface area contributed by atoms with Gasteiger partial charge in [-0.05, 0) is 24.9 Å². The summed E-state index contributed by atoms with van der Waals surface area (Å²) in [5, 5.41) is 3.21. The fourth-order valence-electron chi connectivity index (χ4n) is 0.810. The van der Waals surface area contributed by atoms with Crippen molar-refractivity contribution < 1.29 is 4.74 Å². The zero-order chi connectivity index (χ0) is 10.6. The summed E-state index contributed by atoms with van der Waals surface area (Å²) in [7, 11) is 1.48. The van der Waals surface area contributed by atoms with Gasteiger partial charge in [0.1, 0.15) is 0 Å². The minimum Gasteiger partial charge on any atom is -0.467 e. The molecule has 0 aliphatic heterocycles. The van der Waals surface area contributed by atoms with Gasteiger partial charge in [0.2, 0.25) is 11.2 Å². The van der Waals surface area contributed by atoms with Crippen molar-refractivity contribution >= 4 is 17.5 Å². The Bertz CT molecular complexity index is 307. The van der Waals surface area contributed by atoms with Gasteiger partial charge in [-0.3, -0.25) is 0 Å². The van der Waals surface area contributed by atoms with Crippen LogP contribution < -0.4 is 10.1 Å². The Labute approximate surface area is 87.9 Å². The SMILES string of the molecule is CCC(C)Nc1nc(Cl)nc(OC)n1. The summed E-state index contributed by atoms with van der Waals surface area (Å²) in [6, 6.07) is 0.508. The standard InChI is InChI=1S/C8H13ClN4O/c1-4-5(2)10-7-11-6(9)12-8(13-7)14-3/h5H,4H2,1-3H3,(H,10,11,12,13). The number of ether oxygens (including phenoxy) is 1. The van der Waals surface area contributed by atoms with Crippen LogP contribution in [-0.2, 0) is 0 Å². The maximum absolute atomic E-state index is 5.67. The van der Waals surface area contributed by atoms with Crippen molar-refractivity contribution in [3.8, 4) is 6.01 Å². The number of hydrogen-bond donors (Lipinski definition) is 1. The van der Waals surface area contributed by atoms with Crippen LogP contribution in [0.15, 0.2) is 0 Å². The lowest BCUT2D eigenvalue weighted by molar-refractivity contribution is 0.378. The van der Waals surface area contributed by atoms with Crippen molar-refractivity contribution in [3.05, 3.63) is 5.28 Å². The van der Waals surface area contributed by atoms with Crippen molar-refractivity contribution in [3.63, 3.8) is 0 Å². The van der Waals surface area contributed by atoms with Gasteiger partial charge in [-0.2, -0.15) is 15.0 Å². The third kappa shape index (κ3) is 2.99. The number of nitrogens with one attached hydrogen (secondary N) is 1. The third-order valence-electron chi connectivity index (χ3n) is 1.76. The molecule has 1 atom stereocenters. The second-order valence-electron chi connectivity index (χ2n) is 2.87. The Hall–Kier alpha value is -1.10. The van der Waals surface area contributed by atoms with Crippen LogP contribution in [0, 0.1) is 0 Å². The molecule has 1 N–H and O–H groups in total. The van der Waals surface area contributed by atoms with Gasteiger partial charge in [-0.1, -0.05) is 6.92 Å². The summed E-state index contributed by atoms with van der Waals surface area (Å²) in [6.07, 6.45) is 0.978. The first-order chi connectivity index (χ1) is 6.65. The van der Waals surface area contributed by atoms with Crippen LogP contribution in [0.25, 0.3) is 0 Å². The summed E-state index contributed by atoms with van der Waals surface area (Å²) in [5.41, 5.74) is 0. The molecule has 6 heteroatoms. The van der Waals surface area contributed by atoms with E-state index < -0.39 is 0 Å². The van der Waals surface area contributed by atoms with E-state index in [1.807, 2.05) is 6.92 Å². The first-order valence-electron chi connectivity index (χ1n) is 4.37. The Morgan fingerprint density at radius 3 is 2.71 bits per heavy atom. The predicted octanol–water partition coefficient (Wildman–Crippen LogP) is 1.74. The molecule has 0 bridgehead atoms. The highest BCUT2D eigenvalue weighted by atomic mass is 35.5. The van der Waals surface area contributed by atoms with Gasteiger partial charge in [0, 0.05) is 6.04 Å². The van der Waals surface area contributed by atoms with Crippen LogP contribution in [0.5, 0.6) is 6.01 Å². The Kier molecular flexibility index (Phi) is 3.88. The molecule has 1 aromatic heterocycles. The molecule has 1 aromatic rings. The molecule has 0 radical (unpaired) electrons. The summed E-state index contributed by atoms with van der Waals surface area (Å²) in [6.45, 7) is 4.10. The normalized spacial score (nSPS) is 12.3. The monoisotopic (exact) mass is 216 g/mol. The van der Waals surface area contributed by atoms with Gasteiger partial charge in [0.05, 0.1) is 7.11 Å². The minimum absolute atomic E-state index is 0.127. The van der Waals surface area contributed by atoms with Crippen molar-refractivity contribution in [1.29, 1.82) is 0 Å². The van der Waals surface area contributed by atoms with Crippen molar-refractivity contribution in [2.24, 2.45) is 0 Å². The van der Waals surface area contributed by atoms with Crippen molar-refractivity contribution in [2.45, 2.75) is 26.3 Å². The quantitative estimate of drug-likeness (QED) is 0.831. The fourth-order valence-corrected chi connectivity index (χ4v) is 0.963. The lowest BCUT2D eigenvalue weighted by Crippen LogP contribution is -2.16. The summed E-state index contributed by atoms with van der Waals surface area (Å²) >= 11 is 5.67. The molecule has 0 spiro atoms. The molecule has 0 amide bonds. The lowest BCUT2D eigenvalue weighted by Gasteiger charge is -2.11. The summed E-state index contributed by atoms with van der Waals surface area (Å²) < 4.78 is 4.86. The average Bonchev–Trinajstić information content (AvgIpc) is 2.16. The topological polar surface area (TPSA) is 59.9 Å². The zero-order valence-corrected chi connectivity index (χ0v) is 9.17. The second-order valence-corrected chi connectivity index (χ2v) is 3.21. The van der Waals surface area contributed by atoms with Gasteiger partial charge >= 0.3 is 6.01 Å². The van der Waals surface area contributed by atoms with Gasteiger partial charge in [0.15, 0.2) is 0 Å². The first kappa shape index (κ1) is 11.0. The van der Waals surface area contributed by atoms with Crippen molar-refractivity contribution in [2.75, 3.05) is 12.4 Å². The maximum Gasteiger partial charge on any atom is 0.322 e. The smallest absolute Gasteiger partial charge is 0.322 e. The molecule has 0 aromatic carbocycles. The van der Waals surface area contributed by atoms with E-state index in [1.165, 1.54) is 7.11 Å². The van der Waals surface area contributed by atoms with E-state index in [0.717, 1.165) is 6.42 Å². The highest BCUT2D eigenvalue weighted by Crippen LogP contribution is 2.11. The number of methoxy groups -OCH3 is 1. The van der Waals surface area contributed by atoms with E-state index in [4.69, 9.17) is 16.3 Å². The molecule has 0 aliphatic carbocycles. The van der Waals surface area contributed by atoms with E-state index in [9.17, 15) is 0 Å². The maximum atomic E-state index is 5.67. The van der Waals surface area contributed by atoms with Gasteiger partial charge in [0.25, 0.3) is 0 Å². The largest absolute Gasteiger partial charge is 0.467 e.